The van der Waals surface area contributed by atoms with Crippen LogP contribution >= 0.6 is 0 Å². The molecule has 2 heteroatoms. The van der Waals surface area contributed by atoms with Crippen LogP contribution in [0.4, 0.5) is 0 Å². The zero-order valence-electron chi connectivity index (χ0n) is 7.68. The second kappa shape index (κ2) is 6.44. The van der Waals surface area contributed by atoms with Gasteiger partial charge in [-0.3, -0.25) is 4.90 Å². The maximum absolute atomic E-state index is 4.98. The molecule has 1 saturated carbocycles. The van der Waals surface area contributed by atoms with Crippen LogP contribution in [0.15, 0.2) is 0 Å². The highest BCUT2D eigenvalue weighted by molar-refractivity contribution is 4.62. The fourth-order valence-electron chi connectivity index (χ4n) is 1.12. The Morgan fingerprint density at radius 2 is 1.92 bits per heavy atom. The molecule has 1 saturated heterocycles. The molecule has 2 rings (SSSR count). The van der Waals surface area contributed by atoms with E-state index in [1.54, 1.807) is 0 Å². The summed E-state index contributed by atoms with van der Waals surface area (Å²) in [7, 11) is 2.05. The van der Waals surface area contributed by atoms with Gasteiger partial charge in [-0.05, 0) is 13.0 Å². The number of likely N-dealkylation sites (N-methyl/N-ethyl adjacent to an activating group) is 1. The molecule has 0 aromatic heterocycles. The molecule has 2 aliphatic rings. The van der Waals surface area contributed by atoms with Gasteiger partial charge in [0.2, 0.25) is 0 Å². The van der Waals surface area contributed by atoms with Crippen LogP contribution in [-0.2, 0) is 4.74 Å². The van der Waals surface area contributed by atoms with Gasteiger partial charge in [0, 0.05) is 6.54 Å². The first-order valence-electron chi connectivity index (χ1n) is 4.55. The molecule has 0 spiro atoms. The molecule has 0 aromatic rings. The summed E-state index contributed by atoms with van der Waals surface area (Å²) in [5.41, 5.74) is 0. The molecule has 0 aromatic carbocycles. The minimum atomic E-state index is 0. The van der Waals surface area contributed by atoms with E-state index in [2.05, 4.69) is 11.8 Å². The number of nitrogens with zero attached hydrogens (tertiary/aromatic N) is 1. The van der Waals surface area contributed by atoms with E-state index in [-0.39, 0.29) is 7.43 Å². The van der Waals surface area contributed by atoms with Crippen molar-refractivity contribution in [1.29, 1.82) is 0 Å². The highest BCUT2D eigenvalue weighted by Crippen LogP contribution is 2.24. The molecule has 0 atom stereocenters. The smallest absolute Gasteiger partial charge is 0.0989 e. The summed E-state index contributed by atoms with van der Waals surface area (Å²) in [5, 5.41) is 0. The highest BCUT2D eigenvalue weighted by atomic mass is 16.5. The van der Waals surface area contributed by atoms with Crippen LogP contribution in [0.3, 0.4) is 0 Å². The topological polar surface area (TPSA) is 12.5 Å². The molecule has 0 N–H and O–H groups in total. The van der Waals surface area contributed by atoms with Gasteiger partial charge in [0.1, 0.15) is 0 Å². The largest absolute Gasteiger partial charge is 0.365 e. The number of ether oxygens (including phenoxy) is 1. The Balaban J connectivity index is 0.000000189. The molecule has 2 fully saturated rings. The van der Waals surface area contributed by atoms with Crippen molar-refractivity contribution in [3.05, 3.63) is 0 Å². The standard InChI is InChI=1S/C5H10.C4H9NO.CH4/c1-5-3-2-4-5;1-5-2-3-6-4-5;/h5H,2-4H2,1H3;2-4H2,1H3;1H4. The third-order valence-corrected chi connectivity index (χ3v) is 2.32. The molecule has 0 unspecified atom stereocenters. The first kappa shape index (κ1) is 11.9. The zero-order valence-corrected chi connectivity index (χ0v) is 7.68. The second-order valence-electron chi connectivity index (χ2n) is 3.65. The van der Waals surface area contributed by atoms with E-state index >= 15 is 0 Å². The van der Waals surface area contributed by atoms with Gasteiger partial charge in [0.25, 0.3) is 0 Å². The van der Waals surface area contributed by atoms with Gasteiger partial charge in [-0.1, -0.05) is 33.6 Å². The molecular formula is C10H23NO. The summed E-state index contributed by atoms with van der Waals surface area (Å²) in [6.07, 6.45) is 4.46. The summed E-state index contributed by atoms with van der Waals surface area (Å²) >= 11 is 0. The van der Waals surface area contributed by atoms with E-state index in [1.807, 2.05) is 7.05 Å². The Morgan fingerprint density at radius 1 is 1.33 bits per heavy atom. The number of hydrogen-bond acceptors (Lipinski definition) is 2. The second-order valence-corrected chi connectivity index (χ2v) is 3.65. The summed E-state index contributed by atoms with van der Waals surface area (Å²) < 4.78 is 4.98. The van der Waals surface area contributed by atoms with Gasteiger partial charge in [-0.2, -0.15) is 0 Å². The average molecular weight is 173 g/mol. The average Bonchev–Trinajstić information content (AvgIpc) is 2.36. The van der Waals surface area contributed by atoms with Gasteiger partial charge in [0.15, 0.2) is 0 Å². The Labute approximate surface area is 76.9 Å². The molecule has 0 bridgehead atoms. The number of hydrogen-bond donors (Lipinski definition) is 0. The molecule has 0 radical (unpaired) electrons. The van der Waals surface area contributed by atoms with E-state index in [4.69, 9.17) is 4.74 Å². The van der Waals surface area contributed by atoms with E-state index in [0.29, 0.717) is 0 Å². The number of rotatable bonds is 0. The van der Waals surface area contributed by atoms with Crippen molar-refractivity contribution in [2.45, 2.75) is 33.6 Å². The molecule has 1 aliphatic heterocycles. The van der Waals surface area contributed by atoms with Crippen molar-refractivity contribution in [3.63, 3.8) is 0 Å². The quantitative estimate of drug-likeness (QED) is 0.557. The fourth-order valence-corrected chi connectivity index (χ4v) is 1.12. The van der Waals surface area contributed by atoms with Crippen molar-refractivity contribution < 1.29 is 4.74 Å². The molecule has 12 heavy (non-hydrogen) atoms. The molecule has 1 heterocycles. The van der Waals surface area contributed by atoms with Crippen LogP contribution < -0.4 is 0 Å². The van der Waals surface area contributed by atoms with Crippen LogP contribution in [0.5, 0.6) is 0 Å². The highest BCUT2D eigenvalue weighted by Gasteiger charge is 2.09. The zero-order chi connectivity index (χ0) is 8.10. The lowest BCUT2D eigenvalue weighted by atomic mass is 9.88. The maximum Gasteiger partial charge on any atom is 0.0989 e. The van der Waals surface area contributed by atoms with Crippen molar-refractivity contribution in [1.82, 2.24) is 4.90 Å². The maximum atomic E-state index is 4.98. The molecule has 2 nitrogen and oxygen atoms in total. The summed E-state index contributed by atoms with van der Waals surface area (Å²) in [5.74, 6) is 1.06. The normalized spacial score (nSPS) is 23.5. The fraction of sp³-hybridized carbons (Fsp3) is 1.00. The van der Waals surface area contributed by atoms with Crippen molar-refractivity contribution in [3.8, 4) is 0 Å². The Morgan fingerprint density at radius 3 is 2.00 bits per heavy atom. The third-order valence-electron chi connectivity index (χ3n) is 2.32. The van der Waals surface area contributed by atoms with Crippen molar-refractivity contribution in [2.24, 2.45) is 5.92 Å². The van der Waals surface area contributed by atoms with Gasteiger partial charge < -0.3 is 4.74 Å². The van der Waals surface area contributed by atoms with Crippen LogP contribution in [0, 0.1) is 5.92 Å². The van der Waals surface area contributed by atoms with E-state index in [9.17, 15) is 0 Å². The summed E-state index contributed by atoms with van der Waals surface area (Å²) in [6, 6.07) is 0. The predicted molar refractivity (Wildman–Crippen MR) is 53.2 cm³/mol. The summed E-state index contributed by atoms with van der Waals surface area (Å²) in [6.45, 7) is 5.14. The third kappa shape index (κ3) is 4.73. The Hall–Kier alpha value is -0.0800. The van der Waals surface area contributed by atoms with Gasteiger partial charge >= 0.3 is 0 Å². The van der Waals surface area contributed by atoms with Gasteiger partial charge in [-0.15, -0.1) is 0 Å². The molecular weight excluding hydrogens is 150 g/mol. The monoisotopic (exact) mass is 173 g/mol. The molecule has 0 amide bonds. The van der Waals surface area contributed by atoms with Gasteiger partial charge in [0.05, 0.1) is 13.3 Å². The Kier molecular flexibility index (Phi) is 6.39. The summed E-state index contributed by atoms with van der Waals surface area (Å²) in [4.78, 5) is 2.14. The van der Waals surface area contributed by atoms with Crippen LogP contribution in [0.1, 0.15) is 33.6 Å². The Bertz CT molecular complexity index is 96.0. The molecule has 1 aliphatic carbocycles. The van der Waals surface area contributed by atoms with Crippen LogP contribution in [-0.4, -0.2) is 31.8 Å². The SMILES string of the molecule is C.CC1CCC1.CN1CCOC1. The lowest BCUT2D eigenvalue weighted by molar-refractivity contribution is 0.154. The van der Waals surface area contributed by atoms with E-state index < -0.39 is 0 Å². The van der Waals surface area contributed by atoms with Crippen LogP contribution in [0.2, 0.25) is 0 Å². The van der Waals surface area contributed by atoms with E-state index in [1.165, 1.54) is 19.3 Å². The van der Waals surface area contributed by atoms with Crippen LogP contribution in [0.25, 0.3) is 0 Å². The predicted octanol–water partition coefficient (Wildman–Crippen LogP) is 2.35. The first-order valence-corrected chi connectivity index (χ1v) is 4.55. The lowest BCUT2D eigenvalue weighted by Gasteiger charge is -2.18. The van der Waals surface area contributed by atoms with E-state index in [0.717, 1.165) is 25.8 Å². The van der Waals surface area contributed by atoms with Crippen molar-refractivity contribution in [2.75, 3.05) is 26.9 Å². The van der Waals surface area contributed by atoms with Crippen molar-refractivity contribution >= 4 is 0 Å². The first-order chi connectivity index (χ1) is 5.29. The lowest BCUT2D eigenvalue weighted by Crippen LogP contribution is -2.11. The molecule has 74 valence electrons. The van der Waals surface area contributed by atoms with Gasteiger partial charge in [-0.25, -0.2) is 0 Å². The minimum Gasteiger partial charge on any atom is -0.365 e. The minimum absolute atomic E-state index is 0.